The van der Waals surface area contributed by atoms with Gasteiger partial charge in [0.2, 0.25) is 0 Å². The van der Waals surface area contributed by atoms with Crippen molar-refractivity contribution in [2.75, 3.05) is 5.32 Å². The number of pyridine rings is 1. The summed E-state index contributed by atoms with van der Waals surface area (Å²) < 4.78 is 1.27. The first-order valence-corrected chi connectivity index (χ1v) is 7.43. The van der Waals surface area contributed by atoms with E-state index in [0.29, 0.717) is 4.99 Å². The molecule has 3 aromatic rings. The Morgan fingerprint density at radius 3 is 2.90 bits per heavy atom. The lowest BCUT2D eigenvalue weighted by Gasteiger charge is -2.09. The van der Waals surface area contributed by atoms with Crippen molar-refractivity contribution >= 4 is 50.1 Å². The molecule has 0 bridgehead atoms. The van der Waals surface area contributed by atoms with Crippen LogP contribution >= 0.6 is 23.6 Å². The van der Waals surface area contributed by atoms with Gasteiger partial charge in [0.15, 0.2) is 0 Å². The SMILES string of the molecule is Cc1cc(C(N)=S)cc(Nc2ccc3sccc3c2)n1. The van der Waals surface area contributed by atoms with Gasteiger partial charge in [-0.15, -0.1) is 11.3 Å². The van der Waals surface area contributed by atoms with Gasteiger partial charge in [0.25, 0.3) is 0 Å². The highest BCUT2D eigenvalue weighted by Gasteiger charge is 2.04. The second-order valence-corrected chi connectivity index (χ2v) is 5.93. The second kappa shape index (κ2) is 5.19. The zero-order chi connectivity index (χ0) is 14.1. The summed E-state index contributed by atoms with van der Waals surface area (Å²) >= 11 is 6.76. The maximum atomic E-state index is 5.68. The van der Waals surface area contributed by atoms with Crippen molar-refractivity contribution < 1.29 is 0 Å². The van der Waals surface area contributed by atoms with E-state index >= 15 is 0 Å². The molecule has 0 saturated heterocycles. The van der Waals surface area contributed by atoms with Crippen LogP contribution in [0.4, 0.5) is 11.5 Å². The van der Waals surface area contributed by atoms with Crippen LogP contribution in [0.3, 0.4) is 0 Å². The van der Waals surface area contributed by atoms with Gasteiger partial charge in [-0.05, 0) is 54.1 Å². The minimum Gasteiger partial charge on any atom is -0.389 e. The fourth-order valence-corrected chi connectivity index (χ4v) is 2.96. The topological polar surface area (TPSA) is 50.9 Å². The molecule has 3 nitrogen and oxygen atoms in total. The van der Waals surface area contributed by atoms with Crippen molar-refractivity contribution in [3.05, 3.63) is 53.0 Å². The van der Waals surface area contributed by atoms with Crippen LogP contribution in [0.25, 0.3) is 10.1 Å². The Kier molecular flexibility index (Phi) is 3.38. The fraction of sp³-hybridized carbons (Fsp3) is 0.0667. The monoisotopic (exact) mass is 299 g/mol. The molecule has 0 fully saturated rings. The Bertz CT molecular complexity index is 793. The van der Waals surface area contributed by atoms with E-state index in [1.165, 1.54) is 10.1 Å². The highest BCUT2D eigenvalue weighted by molar-refractivity contribution is 7.80. The molecule has 0 aliphatic carbocycles. The Morgan fingerprint density at radius 1 is 1.25 bits per heavy atom. The number of fused-ring (bicyclic) bond motifs is 1. The summed E-state index contributed by atoms with van der Waals surface area (Å²) in [6, 6.07) is 12.1. The third-order valence-corrected chi connectivity index (χ3v) is 4.10. The van der Waals surface area contributed by atoms with Crippen molar-refractivity contribution in [3.63, 3.8) is 0 Å². The lowest BCUT2D eigenvalue weighted by molar-refractivity contribution is 1.19. The van der Waals surface area contributed by atoms with E-state index in [1.807, 2.05) is 25.1 Å². The van der Waals surface area contributed by atoms with Gasteiger partial charge in [0, 0.05) is 21.6 Å². The molecule has 20 heavy (non-hydrogen) atoms. The Balaban J connectivity index is 1.95. The van der Waals surface area contributed by atoms with E-state index in [4.69, 9.17) is 18.0 Å². The van der Waals surface area contributed by atoms with Crippen LogP contribution in [-0.4, -0.2) is 9.97 Å². The van der Waals surface area contributed by atoms with Crippen LogP contribution in [0.1, 0.15) is 11.3 Å². The largest absolute Gasteiger partial charge is 0.389 e. The Labute approximate surface area is 126 Å². The van der Waals surface area contributed by atoms with E-state index in [9.17, 15) is 0 Å². The lowest BCUT2D eigenvalue weighted by atomic mass is 10.2. The van der Waals surface area contributed by atoms with Crippen molar-refractivity contribution in [2.45, 2.75) is 6.92 Å². The number of aryl methyl sites for hydroxylation is 1. The number of thiocarbonyl (C=S) groups is 1. The van der Waals surface area contributed by atoms with Gasteiger partial charge in [0.1, 0.15) is 10.8 Å². The summed E-state index contributed by atoms with van der Waals surface area (Å²) in [6.45, 7) is 1.93. The van der Waals surface area contributed by atoms with E-state index in [2.05, 4.69) is 33.9 Å². The molecule has 3 N–H and O–H groups in total. The van der Waals surface area contributed by atoms with Crippen LogP contribution in [0.15, 0.2) is 41.8 Å². The van der Waals surface area contributed by atoms with Crippen LogP contribution in [-0.2, 0) is 0 Å². The summed E-state index contributed by atoms with van der Waals surface area (Å²) in [5.41, 5.74) is 8.39. The number of benzene rings is 1. The van der Waals surface area contributed by atoms with E-state index < -0.39 is 0 Å². The minimum absolute atomic E-state index is 0.381. The molecule has 5 heteroatoms. The molecule has 2 heterocycles. The highest BCUT2D eigenvalue weighted by Crippen LogP contribution is 2.25. The molecule has 0 aliphatic rings. The number of nitrogens with two attached hydrogens (primary N) is 1. The molecule has 100 valence electrons. The predicted molar refractivity (Wildman–Crippen MR) is 90.0 cm³/mol. The average Bonchev–Trinajstić information content (AvgIpc) is 2.85. The number of rotatable bonds is 3. The number of nitrogens with zero attached hydrogens (tertiary/aromatic N) is 1. The smallest absolute Gasteiger partial charge is 0.131 e. The summed E-state index contributed by atoms with van der Waals surface area (Å²) in [5, 5.41) is 6.61. The highest BCUT2D eigenvalue weighted by atomic mass is 32.1. The summed E-state index contributed by atoms with van der Waals surface area (Å²) in [7, 11) is 0. The quantitative estimate of drug-likeness (QED) is 0.718. The average molecular weight is 299 g/mol. The fourth-order valence-electron chi connectivity index (χ4n) is 2.07. The zero-order valence-electron chi connectivity index (χ0n) is 10.9. The van der Waals surface area contributed by atoms with Gasteiger partial charge in [-0.25, -0.2) is 4.98 Å². The maximum absolute atomic E-state index is 5.68. The molecule has 0 spiro atoms. The molecule has 0 atom stereocenters. The Hall–Kier alpha value is -1.98. The van der Waals surface area contributed by atoms with Gasteiger partial charge < -0.3 is 11.1 Å². The summed E-state index contributed by atoms with van der Waals surface area (Å²) in [4.78, 5) is 4.84. The molecule has 1 aromatic carbocycles. The van der Waals surface area contributed by atoms with Crippen LogP contribution < -0.4 is 11.1 Å². The molecule has 0 aliphatic heterocycles. The number of hydrogen-bond acceptors (Lipinski definition) is 4. The van der Waals surface area contributed by atoms with Crippen molar-refractivity contribution in [2.24, 2.45) is 5.73 Å². The van der Waals surface area contributed by atoms with Gasteiger partial charge in [-0.1, -0.05) is 12.2 Å². The number of nitrogens with one attached hydrogen (secondary N) is 1. The summed E-state index contributed by atoms with van der Waals surface area (Å²) in [5.74, 6) is 0.752. The molecular weight excluding hydrogens is 286 g/mol. The first-order valence-electron chi connectivity index (χ1n) is 6.14. The number of aromatic nitrogens is 1. The molecule has 3 rings (SSSR count). The van der Waals surface area contributed by atoms with Crippen LogP contribution in [0.2, 0.25) is 0 Å². The third kappa shape index (κ3) is 2.64. The first-order chi connectivity index (χ1) is 9.61. The summed E-state index contributed by atoms with van der Waals surface area (Å²) in [6.07, 6.45) is 0. The molecule has 0 saturated carbocycles. The van der Waals surface area contributed by atoms with E-state index in [1.54, 1.807) is 11.3 Å². The molecule has 0 unspecified atom stereocenters. The van der Waals surface area contributed by atoms with Crippen LogP contribution in [0.5, 0.6) is 0 Å². The predicted octanol–water partition coefficient (Wildman–Crippen LogP) is 3.98. The van der Waals surface area contributed by atoms with Gasteiger partial charge in [-0.3, -0.25) is 0 Å². The van der Waals surface area contributed by atoms with Gasteiger partial charge in [0.05, 0.1) is 0 Å². The van der Waals surface area contributed by atoms with E-state index in [-0.39, 0.29) is 0 Å². The lowest BCUT2D eigenvalue weighted by Crippen LogP contribution is -2.10. The first kappa shape index (κ1) is 13.0. The van der Waals surface area contributed by atoms with Crippen LogP contribution in [0, 0.1) is 6.92 Å². The zero-order valence-corrected chi connectivity index (χ0v) is 12.5. The molecule has 0 radical (unpaired) electrons. The van der Waals surface area contributed by atoms with Crippen molar-refractivity contribution in [1.82, 2.24) is 4.98 Å². The second-order valence-electron chi connectivity index (χ2n) is 4.54. The molecule has 0 amide bonds. The third-order valence-electron chi connectivity index (χ3n) is 2.96. The minimum atomic E-state index is 0.381. The Morgan fingerprint density at radius 2 is 2.10 bits per heavy atom. The van der Waals surface area contributed by atoms with Gasteiger partial charge >= 0.3 is 0 Å². The molecular formula is C15H13N3S2. The maximum Gasteiger partial charge on any atom is 0.131 e. The number of anilines is 2. The van der Waals surface area contributed by atoms with E-state index in [0.717, 1.165) is 22.8 Å². The molecule has 2 aromatic heterocycles. The number of hydrogen-bond donors (Lipinski definition) is 2. The normalized spacial score (nSPS) is 10.7. The van der Waals surface area contributed by atoms with Crippen molar-refractivity contribution in [3.8, 4) is 0 Å². The van der Waals surface area contributed by atoms with Gasteiger partial charge in [-0.2, -0.15) is 0 Å². The number of thiophene rings is 1. The van der Waals surface area contributed by atoms with Crippen molar-refractivity contribution in [1.29, 1.82) is 0 Å². The standard InChI is InChI=1S/C15H13N3S2/c1-9-6-11(15(16)19)8-14(17-9)18-12-2-3-13-10(7-12)4-5-20-13/h2-8H,1H3,(H2,16,19)(H,17,18).